The minimum Gasteiger partial charge on any atom is -0.352 e. The van der Waals surface area contributed by atoms with Crippen molar-refractivity contribution >= 4 is 39.1 Å². The Morgan fingerprint density at radius 2 is 1.55 bits per heavy atom. The van der Waals surface area contributed by atoms with Crippen molar-refractivity contribution < 1.29 is 31.2 Å². The number of rotatable bonds is 12. The van der Waals surface area contributed by atoms with E-state index in [9.17, 15) is 31.2 Å². The first-order valence-corrected chi connectivity index (χ1v) is 15.2. The average Bonchev–Trinajstić information content (AvgIpc) is 2.94. The maximum Gasteiger partial charge on any atom is 0.417 e. The molecule has 0 saturated carbocycles. The summed E-state index contributed by atoms with van der Waals surface area (Å²) in [5.41, 5.74) is -0.756. The zero-order valence-corrected chi connectivity index (χ0v) is 25.0. The first kappa shape index (κ1) is 32.9. The molecule has 1 atom stereocenters. The highest BCUT2D eigenvalue weighted by Crippen LogP contribution is 2.38. The minimum atomic E-state index is -4.87. The summed E-state index contributed by atoms with van der Waals surface area (Å²) in [5, 5.41) is 2.18. The van der Waals surface area contributed by atoms with E-state index in [2.05, 4.69) is 5.32 Å². The van der Waals surface area contributed by atoms with Gasteiger partial charge in [-0.2, -0.15) is 13.2 Å². The van der Waals surface area contributed by atoms with Crippen molar-refractivity contribution in [3.63, 3.8) is 0 Å². The van der Waals surface area contributed by atoms with Crippen LogP contribution in [0.3, 0.4) is 0 Å². The summed E-state index contributed by atoms with van der Waals surface area (Å²) in [6.45, 7) is 4.49. The predicted molar refractivity (Wildman–Crippen MR) is 157 cm³/mol. The van der Waals surface area contributed by atoms with E-state index in [4.69, 9.17) is 11.6 Å². The fraction of sp³-hybridized carbons (Fsp3) is 0.333. The van der Waals surface area contributed by atoms with E-state index in [0.717, 1.165) is 17.7 Å². The van der Waals surface area contributed by atoms with Crippen molar-refractivity contribution in [2.75, 3.05) is 17.4 Å². The molecule has 0 radical (unpaired) electrons. The molecule has 0 aromatic heterocycles. The minimum absolute atomic E-state index is 0.0700. The van der Waals surface area contributed by atoms with Gasteiger partial charge < -0.3 is 10.2 Å². The van der Waals surface area contributed by atoms with Crippen LogP contribution in [0.25, 0.3) is 0 Å². The van der Waals surface area contributed by atoms with Crippen molar-refractivity contribution in [3.05, 3.63) is 95.0 Å². The van der Waals surface area contributed by atoms with Crippen LogP contribution >= 0.6 is 11.6 Å². The molecule has 7 nitrogen and oxygen atoms in total. The molecule has 3 aromatic rings. The number of carbonyl (C=O) groups excluding carboxylic acids is 2. The molecule has 0 unspecified atom stereocenters. The van der Waals surface area contributed by atoms with Crippen LogP contribution in [0.4, 0.5) is 18.9 Å². The molecule has 0 aliphatic heterocycles. The lowest BCUT2D eigenvalue weighted by atomic mass is 10.1. The van der Waals surface area contributed by atoms with Crippen LogP contribution in [0, 0.1) is 0 Å². The number of sulfonamides is 1. The summed E-state index contributed by atoms with van der Waals surface area (Å²) in [5.74, 6) is -1.17. The van der Waals surface area contributed by atoms with E-state index in [-0.39, 0.29) is 23.9 Å². The topological polar surface area (TPSA) is 86.8 Å². The number of nitrogens with one attached hydrogen (secondary N) is 1. The smallest absolute Gasteiger partial charge is 0.352 e. The second kappa shape index (κ2) is 14.1. The Morgan fingerprint density at radius 1 is 0.952 bits per heavy atom. The molecule has 2 amide bonds. The number of hydrogen-bond acceptors (Lipinski definition) is 4. The Bertz CT molecular complexity index is 1470. The van der Waals surface area contributed by atoms with Gasteiger partial charge >= 0.3 is 6.18 Å². The van der Waals surface area contributed by atoms with Crippen LogP contribution in [0.15, 0.2) is 83.8 Å². The fourth-order valence-electron chi connectivity index (χ4n) is 4.41. The lowest BCUT2D eigenvalue weighted by molar-refractivity contribution is -0.139. The van der Waals surface area contributed by atoms with Gasteiger partial charge in [-0.3, -0.25) is 13.9 Å². The first-order valence-electron chi connectivity index (χ1n) is 13.3. The molecule has 3 rings (SSSR count). The summed E-state index contributed by atoms with van der Waals surface area (Å²) in [7, 11) is -4.52. The van der Waals surface area contributed by atoms with Gasteiger partial charge in [0.2, 0.25) is 11.8 Å². The molecule has 0 fully saturated rings. The number of carbonyl (C=O) groups is 2. The van der Waals surface area contributed by atoms with E-state index < -0.39 is 56.9 Å². The van der Waals surface area contributed by atoms with Crippen molar-refractivity contribution in [2.24, 2.45) is 0 Å². The Morgan fingerprint density at radius 3 is 2.10 bits per heavy atom. The normalized spacial score (nSPS) is 12.6. The van der Waals surface area contributed by atoms with Crippen LogP contribution in [-0.4, -0.2) is 50.3 Å². The molecule has 0 bridgehead atoms. The molecular weight excluding hydrogens is 591 g/mol. The van der Waals surface area contributed by atoms with Gasteiger partial charge in [0, 0.05) is 12.6 Å². The van der Waals surface area contributed by atoms with Crippen molar-refractivity contribution in [1.82, 2.24) is 10.2 Å². The monoisotopic (exact) mass is 623 g/mol. The third kappa shape index (κ3) is 8.25. The van der Waals surface area contributed by atoms with Gasteiger partial charge in [-0.15, -0.1) is 0 Å². The second-order valence-corrected chi connectivity index (χ2v) is 12.2. The molecular formula is C30H33ClF3N3O4S. The summed E-state index contributed by atoms with van der Waals surface area (Å²) in [6.07, 6.45) is -4.28. The SMILES string of the molecule is CC[C@H](C(=O)NC(C)C)N(CCc1ccccc1)C(=O)CN(c1ccc(Cl)c(C(F)(F)F)c1)S(=O)(=O)c1ccccc1. The zero-order chi connectivity index (χ0) is 31.1. The number of benzene rings is 3. The molecule has 12 heteroatoms. The standard InChI is InChI=1S/C30H33ClF3N3O4S/c1-4-27(29(39)35-21(2)3)36(18-17-22-11-7-5-8-12-22)28(38)20-37(42(40,41)24-13-9-6-10-14-24)23-15-16-26(31)25(19-23)30(32,33)34/h5-16,19,21,27H,4,17-18,20H2,1-3H3,(H,35,39)/t27-/m1/s1. The summed E-state index contributed by atoms with van der Waals surface area (Å²) in [6, 6.07) is 17.8. The van der Waals surface area contributed by atoms with Crippen LogP contribution in [-0.2, 0) is 32.2 Å². The average molecular weight is 624 g/mol. The van der Waals surface area contributed by atoms with Crippen LogP contribution in [0.5, 0.6) is 0 Å². The number of alkyl halides is 3. The maximum atomic E-state index is 14.0. The summed E-state index contributed by atoms with van der Waals surface area (Å²) < 4.78 is 69.4. The van der Waals surface area contributed by atoms with E-state index in [1.54, 1.807) is 26.8 Å². The molecule has 1 N–H and O–H groups in total. The number of nitrogens with zero attached hydrogens (tertiary/aromatic N) is 2. The summed E-state index contributed by atoms with van der Waals surface area (Å²) in [4.78, 5) is 28.2. The zero-order valence-electron chi connectivity index (χ0n) is 23.4. The summed E-state index contributed by atoms with van der Waals surface area (Å²) >= 11 is 5.80. The largest absolute Gasteiger partial charge is 0.417 e. The van der Waals surface area contributed by atoms with Gasteiger partial charge in [-0.05, 0) is 62.6 Å². The number of amides is 2. The lowest BCUT2D eigenvalue weighted by Gasteiger charge is -2.33. The van der Waals surface area contributed by atoms with Gasteiger partial charge in [0.05, 0.1) is 21.2 Å². The molecule has 42 heavy (non-hydrogen) atoms. The molecule has 0 saturated heterocycles. The van der Waals surface area contributed by atoms with Gasteiger partial charge in [0.25, 0.3) is 10.0 Å². The van der Waals surface area contributed by atoms with Gasteiger partial charge in [-0.1, -0.05) is 67.1 Å². The quantitative estimate of drug-likeness (QED) is 0.271. The highest BCUT2D eigenvalue weighted by atomic mass is 35.5. The van der Waals surface area contributed by atoms with Gasteiger partial charge in [0.15, 0.2) is 0 Å². The highest BCUT2D eigenvalue weighted by Gasteiger charge is 2.37. The Labute approximate surface area is 249 Å². The Hall–Kier alpha value is -3.57. The first-order chi connectivity index (χ1) is 19.8. The van der Waals surface area contributed by atoms with Gasteiger partial charge in [-0.25, -0.2) is 8.42 Å². The highest BCUT2D eigenvalue weighted by molar-refractivity contribution is 7.92. The fourth-order valence-corrected chi connectivity index (χ4v) is 6.06. The number of anilines is 1. The van der Waals surface area contributed by atoms with E-state index in [1.165, 1.54) is 29.2 Å². The van der Waals surface area contributed by atoms with Crippen molar-refractivity contribution in [3.8, 4) is 0 Å². The van der Waals surface area contributed by atoms with E-state index >= 15 is 0 Å². The second-order valence-electron chi connectivity index (χ2n) is 9.90. The lowest BCUT2D eigenvalue weighted by Crippen LogP contribution is -2.54. The Kier molecular flexibility index (Phi) is 11.0. The van der Waals surface area contributed by atoms with Gasteiger partial charge in [0.1, 0.15) is 12.6 Å². The van der Waals surface area contributed by atoms with Crippen LogP contribution in [0.2, 0.25) is 5.02 Å². The molecule has 0 heterocycles. The van der Waals surface area contributed by atoms with E-state index in [1.807, 2.05) is 30.3 Å². The molecule has 0 aliphatic rings. The molecule has 0 aliphatic carbocycles. The predicted octanol–water partition coefficient (Wildman–Crippen LogP) is 5.93. The maximum absolute atomic E-state index is 14.0. The Balaban J connectivity index is 2.09. The number of halogens is 4. The van der Waals surface area contributed by atoms with Crippen LogP contribution in [0.1, 0.15) is 38.3 Å². The third-order valence-corrected chi connectivity index (χ3v) is 8.57. The van der Waals surface area contributed by atoms with Crippen molar-refractivity contribution in [2.45, 2.75) is 56.8 Å². The molecule has 0 spiro atoms. The van der Waals surface area contributed by atoms with Crippen molar-refractivity contribution in [1.29, 1.82) is 0 Å². The molecule has 226 valence electrons. The molecule has 3 aromatic carbocycles. The third-order valence-electron chi connectivity index (χ3n) is 6.45. The van der Waals surface area contributed by atoms with E-state index in [0.29, 0.717) is 16.8 Å². The number of hydrogen-bond donors (Lipinski definition) is 1. The van der Waals surface area contributed by atoms with Crippen LogP contribution < -0.4 is 9.62 Å².